The molecule has 1 atom stereocenters. The summed E-state index contributed by atoms with van der Waals surface area (Å²) >= 11 is 0. The Morgan fingerprint density at radius 1 is 1.50 bits per heavy atom. The largest absolute Gasteiger partial charge is 0.386 e. The molecule has 2 heterocycles. The van der Waals surface area contributed by atoms with Gasteiger partial charge >= 0.3 is 0 Å². The lowest BCUT2D eigenvalue weighted by Gasteiger charge is -2.26. The lowest BCUT2D eigenvalue weighted by molar-refractivity contribution is 0.170. The molecule has 4 heteroatoms. The molecule has 78 valence electrons. The highest BCUT2D eigenvalue weighted by Gasteiger charge is 2.18. The summed E-state index contributed by atoms with van der Waals surface area (Å²) in [7, 11) is 2.11. The van der Waals surface area contributed by atoms with Gasteiger partial charge in [0.2, 0.25) is 0 Å². The molecule has 2 rings (SSSR count). The Morgan fingerprint density at radius 2 is 2.29 bits per heavy atom. The zero-order valence-electron chi connectivity index (χ0n) is 8.48. The Labute approximate surface area is 83.9 Å². The van der Waals surface area contributed by atoms with Gasteiger partial charge in [-0.15, -0.1) is 0 Å². The van der Waals surface area contributed by atoms with Crippen LogP contribution in [0.5, 0.6) is 0 Å². The van der Waals surface area contributed by atoms with Crippen molar-refractivity contribution in [3.8, 4) is 0 Å². The summed E-state index contributed by atoms with van der Waals surface area (Å²) in [5.74, 6) is 0. The maximum absolute atomic E-state index is 9.68. The van der Waals surface area contributed by atoms with E-state index in [1.807, 2.05) is 6.07 Å². The van der Waals surface area contributed by atoms with E-state index in [9.17, 15) is 5.11 Å². The Morgan fingerprint density at radius 3 is 3.00 bits per heavy atom. The number of likely N-dealkylation sites (N-methyl/N-ethyl adjacent to an activating group) is 1. The SMILES string of the molecule is CN1CCn2c(ccc2C(O)CN)C1. The molecule has 0 spiro atoms. The standard InChI is InChI=1S/C10H17N3O/c1-12-4-5-13-8(7-12)2-3-9(13)10(14)6-11/h2-3,10,14H,4-7,11H2,1H3. The third-order valence-electron chi connectivity index (χ3n) is 2.81. The molecule has 0 saturated carbocycles. The van der Waals surface area contributed by atoms with Crippen molar-refractivity contribution in [1.29, 1.82) is 0 Å². The van der Waals surface area contributed by atoms with Gasteiger partial charge in [-0.3, -0.25) is 4.90 Å². The van der Waals surface area contributed by atoms with Crippen molar-refractivity contribution in [3.05, 3.63) is 23.5 Å². The summed E-state index contributed by atoms with van der Waals surface area (Å²) in [5.41, 5.74) is 7.67. The van der Waals surface area contributed by atoms with Gasteiger partial charge in [-0.05, 0) is 19.2 Å². The zero-order chi connectivity index (χ0) is 10.1. The molecule has 0 aromatic carbocycles. The maximum atomic E-state index is 9.68. The van der Waals surface area contributed by atoms with Crippen molar-refractivity contribution in [2.75, 3.05) is 20.1 Å². The summed E-state index contributed by atoms with van der Waals surface area (Å²) < 4.78 is 2.18. The summed E-state index contributed by atoms with van der Waals surface area (Å²) in [6.45, 7) is 3.23. The minimum absolute atomic E-state index is 0.291. The van der Waals surface area contributed by atoms with Gasteiger partial charge in [-0.25, -0.2) is 0 Å². The molecule has 1 unspecified atom stereocenters. The first-order valence-electron chi connectivity index (χ1n) is 4.97. The van der Waals surface area contributed by atoms with Crippen molar-refractivity contribution in [3.63, 3.8) is 0 Å². The molecule has 0 saturated heterocycles. The van der Waals surface area contributed by atoms with E-state index in [4.69, 9.17) is 5.73 Å². The molecule has 1 aromatic heterocycles. The van der Waals surface area contributed by atoms with Crippen LogP contribution in [0.15, 0.2) is 12.1 Å². The lowest BCUT2D eigenvalue weighted by atomic mass is 10.2. The fourth-order valence-corrected chi connectivity index (χ4v) is 1.98. The second-order valence-electron chi connectivity index (χ2n) is 3.89. The van der Waals surface area contributed by atoms with Crippen LogP contribution < -0.4 is 5.73 Å². The Kier molecular flexibility index (Phi) is 2.58. The van der Waals surface area contributed by atoms with Crippen LogP contribution >= 0.6 is 0 Å². The molecule has 1 aliphatic rings. The summed E-state index contributed by atoms with van der Waals surface area (Å²) in [6.07, 6.45) is -0.521. The first kappa shape index (κ1) is 9.71. The minimum atomic E-state index is -0.521. The van der Waals surface area contributed by atoms with E-state index in [0.29, 0.717) is 6.54 Å². The summed E-state index contributed by atoms with van der Waals surface area (Å²) in [6, 6.07) is 4.05. The van der Waals surface area contributed by atoms with Gasteiger partial charge in [0.15, 0.2) is 0 Å². The zero-order valence-corrected chi connectivity index (χ0v) is 8.48. The van der Waals surface area contributed by atoms with E-state index in [0.717, 1.165) is 25.3 Å². The number of aliphatic hydroxyl groups is 1. The van der Waals surface area contributed by atoms with E-state index in [1.165, 1.54) is 5.69 Å². The van der Waals surface area contributed by atoms with Gasteiger partial charge in [0.1, 0.15) is 6.10 Å². The smallest absolute Gasteiger partial charge is 0.106 e. The van der Waals surface area contributed by atoms with E-state index in [1.54, 1.807) is 0 Å². The van der Waals surface area contributed by atoms with Crippen molar-refractivity contribution < 1.29 is 5.11 Å². The Balaban J connectivity index is 2.28. The number of hydrogen-bond donors (Lipinski definition) is 2. The lowest BCUT2D eigenvalue weighted by Crippen LogP contribution is -2.31. The third-order valence-corrected chi connectivity index (χ3v) is 2.81. The number of nitrogens with zero attached hydrogens (tertiary/aromatic N) is 2. The normalized spacial score (nSPS) is 19.4. The van der Waals surface area contributed by atoms with E-state index < -0.39 is 6.10 Å². The molecule has 1 aliphatic heterocycles. The predicted octanol–water partition coefficient (Wildman–Crippen LogP) is -0.0744. The van der Waals surface area contributed by atoms with Crippen LogP contribution in [0.25, 0.3) is 0 Å². The summed E-state index contributed by atoms with van der Waals surface area (Å²) in [4.78, 5) is 2.27. The first-order valence-corrected chi connectivity index (χ1v) is 4.97. The van der Waals surface area contributed by atoms with Crippen LogP contribution in [0, 0.1) is 0 Å². The Hall–Kier alpha value is -0.840. The van der Waals surface area contributed by atoms with Crippen LogP contribution in [0.2, 0.25) is 0 Å². The molecule has 14 heavy (non-hydrogen) atoms. The number of rotatable bonds is 2. The van der Waals surface area contributed by atoms with Gasteiger partial charge in [0.25, 0.3) is 0 Å². The van der Waals surface area contributed by atoms with E-state index in [2.05, 4.69) is 22.6 Å². The number of hydrogen-bond acceptors (Lipinski definition) is 3. The second kappa shape index (κ2) is 3.73. The number of fused-ring (bicyclic) bond motifs is 1. The molecule has 0 fully saturated rings. The number of aromatic nitrogens is 1. The molecule has 3 N–H and O–H groups in total. The van der Waals surface area contributed by atoms with Gasteiger partial charge in [0.05, 0.1) is 0 Å². The molecule has 0 aliphatic carbocycles. The average Bonchev–Trinajstić information content (AvgIpc) is 2.59. The summed E-state index contributed by atoms with van der Waals surface area (Å²) in [5, 5.41) is 9.68. The molecule has 0 amide bonds. The van der Waals surface area contributed by atoms with Crippen LogP contribution in [-0.4, -0.2) is 34.7 Å². The fourth-order valence-electron chi connectivity index (χ4n) is 1.98. The molecule has 1 aromatic rings. The molecule has 4 nitrogen and oxygen atoms in total. The van der Waals surface area contributed by atoms with Crippen LogP contribution in [0.4, 0.5) is 0 Å². The average molecular weight is 195 g/mol. The van der Waals surface area contributed by atoms with E-state index in [-0.39, 0.29) is 0 Å². The molecular weight excluding hydrogens is 178 g/mol. The first-order chi connectivity index (χ1) is 6.72. The highest BCUT2D eigenvalue weighted by atomic mass is 16.3. The van der Waals surface area contributed by atoms with Crippen molar-refractivity contribution in [2.24, 2.45) is 5.73 Å². The topological polar surface area (TPSA) is 54.4 Å². The minimum Gasteiger partial charge on any atom is -0.386 e. The monoisotopic (exact) mass is 195 g/mol. The van der Waals surface area contributed by atoms with Crippen LogP contribution in [-0.2, 0) is 13.1 Å². The fraction of sp³-hybridized carbons (Fsp3) is 0.600. The number of aliphatic hydroxyl groups excluding tert-OH is 1. The maximum Gasteiger partial charge on any atom is 0.106 e. The quantitative estimate of drug-likeness (QED) is 0.694. The predicted molar refractivity (Wildman–Crippen MR) is 54.8 cm³/mol. The van der Waals surface area contributed by atoms with Gasteiger partial charge in [-0.2, -0.15) is 0 Å². The van der Waals surface area contributed by atoms with Gasteiger partial charge in [0, 0.05) is 37.6 Å². The second-order valence-corrected chi connectivity index (χ2v) is 3.89. The molecule has 0 radical (unpaired) electrons. The van der Waals surface area contributed by atoms with Crippen LogP contribution in [0.1, 0.15) is 17.5 Å². The van der Waals surface area contributed by atoms with Crippen LogP contribution in [0.3, 0.4) is 0 Å². The van der Waals surface area contributed by atoms with Crippen molar-refractivity contribution >= 4 is 0 Å². The Bertz CT molecular complexity index is 321. The van der Waals surface area contributed by atoms with Crippen molar-refractivity contribution in [2.45, 2.75) is 19.2 Å². The molecule has 0 bridgehead atoms. The molecular formula is C10H17N3O. The highest BCUT2D eigenvalue weighted by molar-refractivity contribution is 5.20. The van der Waals surface area contributed by atoms with Gasteiger partial charge < -0.3 is 15.4 Å². The highest BCUT2D eigenvalue weighted by Crippen LogP contribution is 2.20. The van der Waals surface area contributed by atoms with Crippen molar-refractivity contribution in [1.82, 2.24) is 9.47 Å². The van der Waals surface area contributed by atoms with Gasteiger partial charge in [-0.1, -0.05) is 0 Å². The number of nitrogens with two attached hydrogens (primary N) is 1. The third kappa shape index (κ3) is 1.56. The van der Waals surface area contributed by atoms with E-state index >= 15 is 0 Å².